The minimum absolute atomic E-state index is 0.160. The maximum atomic E-state index is 6.40. The number of likely N-dealkylation sites (tertiary alicyclic amines) is 1. The highest BCUT2D eigenvalue weighted by molar-refractivity contribution is 5.50. The third-order valence-corrected chi connectivity index (χ3v) is 6.28. The summed E-state index contributed by atoms with van der Waals surface area (Å²) >= 11 is 0. The van der Waals surface area contributed by atoms with E-state index in [1.165, 1.54) is 24.0 Å². The van der Waals surface area contributed by atoms with Crippen molar-refractivity contribution in [2.24, 2.45) is 5.92 Å². The molecule has 5 nitrogen and oxygen atoms in total. The van der Waals surface area contributed by atoms with Crippen LogP contribution in [0.15, 0.2) is 12.1 Å². The molecule has 144 valence electrons. The van der Waals surface area contributed by atoms with Gasteiger partial charge in [0.15, 0.2) is 11.5 Å². The summed E-state index contributed by atoms with van der Waals surface area (Å²) in [5.74, 6) is 2.32. The van der Waals surface area contributed by atoms with E-state index in [4.69, 9.17) is 18.9 Å². The molecule has 0 N–H and O–H groups in total. The largest absolute Gasteiger partial charge is 0.493 e. The predicted molar refractivity (Wildman–Crippen MR) is 100 cm³/mol. The first-order valence-corrected chi connectivity index (χ1v) is 9.93. The normalized spacial score (nSPS) is 25.7. The van der Waals surface area contributed by atoms with Gasteiger partial charge in [0.25, 0.3) is 0 Å². The fraction of sp³-hybridized carbons (Fsp3) is 0.714. The van der Waals surface area contributed by atoms with Crippen LogP contribution >= 0.6 is 0 Å². The molecule has 1 aromatic rings. The Kier molecular flexibility index (Phi) is 5.39. The second kappa shape index (κ2) is 7.75. The zero-order chi connectivity index (χ0) is 18.0. The van der Waals surface area contributed by atoms with Crippen molar-refractivity contribution < 1.29 is 18.9 Å². The van der Waals surface area contributed by atoms with Crippen LogP contribution in [0.5, 0.6) is 11.5 Å². The van der Waals surface area contributed by atoms with Crippen LogP contribution in [0.4, 0.5) is 0 Å². The van der Waals surface area contributed by atoms with Crippen molar-refractivity contribution in [1.82, 2.24) is 4.90 Å². The molecular weight excluding hydrogens is 330 g/mol. The first kappa shape index (κ1) is 18.1. The molecule has 3 heterocycles. The van der Waals surface area contributed by atoms with Crippen LogP contribution in [-0.2, 0) is 21.5 Å². The molecule has 1 aromatic carbocycles. The van der Waals surface area contributed by atoms with E-state index in [1.807, 2.05) is 0 Å². The summed E-state index contributed by atoms with van der Waals surface area (Å²) in [5, 5.41) is 0. The van der Waals surface area contributed by atoms with E-state index in [9.17, 15) is 0 Å². The van der Waals surface area contributed by atoms with Crippen molar-refractivity contribution in [2.45, 2.75) is 37.7 Å². The number of benzene rings is 1. The number of fused-ring (bicyclic) bond motifs is 2. The van der Waals surface area contributed by atoms with Gasteiger partial charge in [-0.05, 0) is 61.3 Å². The number of ether oxygens (including phenoxy) is 4. The summed E-state index contributed by atoms with van der Waals surface area (Å²) in [6, 6.07) is 4.29. The number of nitrogens with zero attached hydrogens (tertiary/aromatic N) is 1. The standard InChI is InChI=1S/C21H31NO4/c1-23-19-12-17-5-11-26-21(18(17)13-20(19)24-2)6-8-22(9-7-21)14-16-4-3-10-25-15-16/h12-13,16H,3-11,14-15H2,1-2H3. The van der Waals surface area contributed by atoms with E-state index in [-0.39, 0.29) is 5.60 Å². The van der Waals surface area contributed by atoms with E-state index < -0.39 is 0 Å². The lowest BCUT2D eigenvalue weighted by molar-refractivity contribution is -0.101. The Morgan fingerprint density at radius 2 is 1.88 bits per heavy atom. The second-order valence-corrected chi connectivity index (χ2v) is 7.84. The van der Waals surface area contributed by atoms with E-state index in [1.54, 1.807) is 14.2 Å². The van der Waals surface area contributed by atoms with E-state index in [2.05, 4.69) is 17.0 Å². The Hall–Kier alpha value is -1.30. The van der Waals surface area contributed by atoms with Crippen molar-refractivity contribution in [2.75, 3.05) is 53.7 Å². The van der Waals surface area contributed by atoms with Crippen molar-refractivity contribution in [3.8, 4) is 11.5 Å². The second-order valence-electron chi connectivity index (χ2n) is 7.84. The monoisotopic (exact) mass is 361 g/mol. The number of rotatable bonds is 4. The van der Waals surface area contributed by atoms with E-state index >= 15 is 0 Å². The van der Waals surface area contributed by atoms with Crippen molar-refractivity contribution in [1.29, 1.82) is 0 Å². The third kappa shape index (κ3) is 3.45. The van der Waals surface area contributed by atoms with Gasteiger partial charge in [-0.2, -0.15) is 0 Å². The molecule has 0 aromatic heterocycles. The minimum atomic E-state index is -0.160. The Morgan fingerprint density at radius 3 is 2.58 bits per heavy atom. The number of hydrogen-bond acceptors (Lipinski definition) is 5. The highest BCUT2D eigenvalue weighted by Crippen LogP contribution is 2.45. The SMILES string of the molecule is COc1cc2c(cc1OC)C1(CCN(CC3CCCOC3)CC1)OCC2. The molecule has 3 aliphatic rings. The van der Waals surface area contributed by atoms with Crippen LogP contribution < -0.4 is 9.47 Å². The van der Waals surface area contributed by atoms with Gasteiger partial charge in [-0.15, -0.1) is 0 Å². The summed E-state index contributed by atoms with van der Waals surface area (Å²) in [6.07, 6.45) is 5.55. The molecule has 0 saturated carbocycles. The maximum Gasteiger partial charge on any atom is 0.161 e. The zero-order valence-electron chi connectivity index (χ0n) is 16.1. The van der Waals surface area contributed by atoms with Gasteiger partial charge in [0.05, 0.1) is 33.0 Å². The van der Waals surface area contributed by atoms with Gasteiger partial charge in [-0.3, -0.25) is 0 Å². The molecule has 26 heavy (non-hydrogen) atoms. The smallest absolute Gasteiger partial charge is 0.161 e. The number of hydrogen-bond donors (Lipinski definition) is 0. The van der Waals surface area contributed by atoms with E-state index in [0.717, 1.165) is 70.2 Å². The molecule has 0 radical (unpaired) electrons. The topological polar surface area (TPSA) is 40.2 Å². The van der Waals surface area contributed by atoms with Crippen molar-refractivity contribution in [3.05, 3.63) is 23.3 Å². The predicted octanol–water partition coefficient (Wildman–Crippen LogP) is 2.99. The van der Waals surface area contributed by atoms with Gasteiger partial charge in [0, 0.05) is 26.2 Å². The molecular formula is C21H31NO4. The quantitative estimate of drug-likeness (QED) is 0.825. The Bertz CT molecular complexity index is 619. The summed E-state index contributed by atoms with van der Waals surface area (Å²) in [7, 11) is 3.41. The maximum absolute atomic E-state index is 6.40. The number of methoxy groups -OCH3 is 2. The number of piperidine rings is 1. The highest BCUT2D eigenvalue weighted by Gasteiger charge is 2.41. The van der Waals surface area contributed by atoms with Crippen LogP contribution in [0.3, 0.4) is 0 Å². The molecule has 5 heteroatoms. The molecule has 1 unspecified atom stereocenters. The molecule has 1 atom stereocenters. The van der Waals surface area contributed by atoms with Crippen LogP contribution in [-0.4, -0.2) is 58.6 Å². The molecule has 1 spiro atoms. The van der Waals surface area contributed by atoms with Crippen LogP contribution in [0, 0.1) is 5.92 Å². The van der Waals surface area contributed by atoms with Gasteiger partial charge in [0.2, 0.25) is 0 Å². The summed E-state index contributed by atoms with van der Waals surface area (Å²) in [5.41, 5.74) is 2.50. The van der Waals surface area contributed by atoms with Crippen molar-refractivity contribution >= 4 is 0 Å². The van der Waals surface area contributed by atoms with Gasteiger partial charge in [-0.1, -0.05) is 0 Å². The summed E-state index contributed by atoms with van der Waals surface area (Å²) in [6.45, 7) is 6.00. The first-order valence-electron chi connectivity index (χ1n) is 9.93. The Morgan fingerprint density at radius 1 is 1.12 bits per heavy atom. The third-order valence-electron chi connectivity index (χ3n) is 6.28. The molecule has 3 aliphatic heterocycles. The molecule has 4 rings (SSSR count). The van der Waals surface area contributed by atoms with Gasteiger partial charge in [-0.25, -0.2) is 0 Å². The lowest BCUT2D eigenvalue weighted by Crippen LogP contribution is -2.48. The van der Waals surface area contributed by atoms with Gasteiger partial charge in [0.1, 0.15) is 0 Å². The molecule has 0 bridgehead atoms. The molecule has 0 amide bonds. The van der Waals surface area contributed by atoms with Crippen LogP contribution in [0.25, 0.3) is 0 Å². The fourth-order valence-electron chi connectivity index (χ4n) is 4.81. The average molecular weight is 361 g/mol. The summed E-state index contributed by atoms with van der Waals surface area (Å²) < 4.78 is 23.1. The average Bonchev–Trinajstić information content (AvgIpc) is 2.70. The van der Waals surface area contributed by atoms with Gasteiger partial charge < -0.3 is 23.8 Å². The highest BCUT2D eigenvalue weighted by atomic mass is 16.5. The molecule has 2 fully saturated rings. The Balaban J connectivity index is 1.49. The summed E-state index contributed by atoms with van der Waals surface area (Å²) in [4.78, 5) is 2.60. The Labute approximate surface area is 156 Å². The minimum Gasteiger partial charge on any atom is -0.493 e. The van der Waals surface area contributed by atoms with Crippen LogP contribution in [0.1, 0.15) is 36.8 Å². The zero-order valence-corrected chi connectivity index (χ0v) is 16.1. The lowest BCUT2D eigenvalue weighted by atomic mass is 9.79. The first-order chi connectivity index (χ1) is 12.7. The fourth-order valence-corrected chi connectivity index (χ4v) is 4.81. The molecule has 0 aliphatic carbocycles. The molecule has 2 saturated heterocycles. The van der Waals surface area contributed by atoms with Gasteiger partial charge >= 0.3 is 0 Å². The van der Waals surface area contributed by atoms with E-state index in [0.29, 0.717) is 5.92 Å². The van der Waals surface area contributed by atoms with Crippen LogP contribution in [0.2, 0.25) is 0 Å². The van der Waals surface area contributed by atoms with Crippen molar-refractivity contribution in [3.63, 3.8) is 0 Å². The lowest BCUT2D eigenvalue weighted by Gasteiger charge is -2.46.